The van der Waals surface area contributed by atoms with E-state index in [-0.39, 0.29) is 39.4 Å². The number of esters is 1. The quantitative estimate of drug-likeness (QED) is 0.172. The number of aliphatic hydroxyl groups is 4. The third-order valence-corrected chi connectivity index (χ3v) is 15.1. The minimum absolute atomic E-state index is 0.0155. The van der Waals surface area contributed by atoms with Crippen molar-refractivity contribution in [2.24, 2.45) is 50.2 Å². The normalized spacial score (nSPS) is 52.9. The summed E-state index contributed by atoms with van der Waals surface area (Å²) in [7, 11) is 0. The number of carboxylic acid groups (broad SMARTS) is 1. The second kappa shape index (κ2) is 10.8. The summed E-state index contributed by atoms with van der Waals surface area (Å²) in [5.41, 5.74) is -0.817. The molecular weight excluding hydrogens is 592 g/mol. The van der Waals surface area contributed by atoms with E-state index >= 15 is 0 Å². The Hall–Kier alpha value is -1.85. The molecule has 1 saturated heterocycles. The number of rotatable bonds is 4. The number of fused-ring (bicyclic) bond motifs is 7. The third kappa shape index (κ3) is 4.49. The Morgan fingerprint density at radius 2 is 1.54 bits per heavy atom. The van der Waals surface area contributed by atoms with Gasteiger partial charge in [-0.05, 0) is 111 Å². The molecule has 1 heterocycles. The van der Waals surface area contributed by atoms with Gasteiger partial charge >= 0.3 is 11.9 Å². The highest BCUT2D eigenvalue weighted by Gasteiger charge is 2.70. The van der Waals surface area contributed by atoms with E-state index in [1.807, 2.05) is 6.92 Å². The lowest BCUT2D eigenvalue weighted by molar-refractivity contribution is -0.284. The third-order valence-electron chi connectivity index (χ3n) is 15.1. The monoisotopic (exact) mass is 646 g/mol. The molecule has 0 radical (unpaired) electrons. The van der Waals surface area contributed by atoms with Gasteiger partial charge in [-0.3, -0.25) is 4.79 Å². The van der Waals surface area contributed by atoms with Crippen LogP contribution in [0.3, 0.4) is 0 Å². The smallest absolute Gasteiger partial charge is 0.338 e. The van der Waals surface area contributed by atoms with Crippen LogP contribution in [0.4, 0.5) is 0 Å². The van der Waals surface area contributed by atoms with Crippen molar-refractivity contribution >= 4 is 18.2 Å². The standard InChI is InChI=1S/C36H54O10/c1-31(2)13-15-36(30(43)44)16-14-34(5)19(20(36)17-31)7-8-22-32(3)11-10-23(33(4,18-37)21(32)9-12-35(22,34)6)45-29(42)27-25(39)24(38)26(40)28(41)46-27/h7,18,20-28,38-41H,8-17H2,1-6H3,(H,43,44)/t20-,21+,22+,23+,24-,25-,26+,27-,28+,32-,33-,34+,35+,36-/m0/s1. The first-order valence-electron chi connectivity index (χ1n) is 17.3. The van der Waals surface area contributed by atoms with Gasteiger partial charge in [-0.2, -0.15) is 0 Å². The Bertz CT molecular complexity index is 1310. The molecule has 4 saturated carbocycles. The van der Waals surface area contributed by atoms with E-state index in [1.165, 1.54) is 5.57 Å². The van der Waals surface area contributed by atoms with E-state index < -0.39 is 59.6 Å². The molecule has 6 rings (SSSR count). The van der Waals surface area contributed by atoms with E-state index in [2.05, 4.69) is 40.7 Å². The molecule has 0 aromatic rings. The number of hydrogen-bond donors (Lipinski definition) is 5. The summed E-state index contributed by atoms with van der Waals surface area (Å²) >= 11 is 0. The number of aliphatic hydroxyl groups excluding tert-OH is 4. The summed E-state index contributed by atoms with van der Waals surface area (Å²) in [5, 5.41) is 50.9. The summed E-state index contributed by atoms with van der Waals surface area (Å²) < 4.78 is 11.0. The first-order chi connectivity index (χ1) is 21.3. The molecule has 258 valence electrons. The van der Waals surface area contributed by atoms with Gasteiger partial charge in [-0.25, -0.2) is 4.79 Å². The number of ether oxygens (including phenoxy) is 2. The van der Waals surface area contributed by atoms with Gasteiger partial charge in [-0.1, -0.05) is 46.3 Å². The van der Waals surface area contributed by atoms with Gasteiger partial charge < -0.3 is 39.8 Å². The van der Waals surface area contributed by atoms with Crippen molar-refractivity contribution in [3.8, 4) is 0 Å². The predicted molar refractivity (Wildman–Crippen MR) is 166 cm³/mol. The summed E-state index contributed by atoms with van der Waals surface area (Å²) in [6.07, 6.45) is 1.17. The Morgan fingerprint density at radius 1 is 0.870 bits per heavy atom. The van der Waals surface area contributed by atoms with Crippen molar-refractivity contribution in [1.29, 1.82) is 0 Å². The second-order valence-electron chi connectivity index (χ2n) is 17.5. The largest absolute Gasteiger partial charge is 0.481 e. The molecule has 0 aromatic carbocycles. The van der Waals surface area contributed by atoms with E-state index in [0.29, 0.717) is 25.7 Å². The van der Waals surface area contributed by atoms with Crippen LogP contribution in [-0.4, -0.2) is 80.6 Å². The maximum atomic E-state index is 13.3. The van der Waals surface area contributed by atoms with Crippen molar-refractivity contribution in [3.63, 3.8) is 0 Å². The fourth-order valence-corrected chi connectivity index (χ4v) is 11.9. The van der Waals surface area contributed by atoms with Crippen LogP contribution in [0.5, 0.6) is 0 Å². The molecule has 10 nitrogen and oxygen atoms in total. The summed E-state index contributed by atoms with van der Waals surface area (Å²) in [5.74, 6) is -1.47. The Labute approximate surface area is 271 Å². The minimum atomic E-state index is -1.87. The molecule has 0 spiro atoms. The highest BCUT2D eigenvalue weighted by atomic mass is 16.7. The fraction of sp³-hybridized carbons (Fsp3) is 0.861. The highest BCUT2D eigenvalue weighted by molar-refractivity contribution is 5.77. The molecule has 46 heavy (non-hydrogen) atoms. The van der Waals surface area contributed by atoms with Crippen LogP contribution >= 0.6 is 0 Å². The lowest BCUT2D eigenvalue weighted by Crippen LogP contribution is -2.66. The zero-order chi connectivity index (χ0) is 33.8. The maximum absolute atomic E-state index is 13.3. The van der Waals surface area contributed by atoms with Gasteiger partial charge in [0.1, 0.15) is 30.7 Å². The summed E-state index contributed by atoms with van der Waals surface area (Å²) in [6, 6.07) is 0. The molecule has 14 atom stereocenters. The lowest BCUT2D eigenvalue weighted by atomic mass is 9.33. The van der Waals surface area contributed by atoms with Gasteiger partial charge in [-0.15, -0.1) is 0 Å². The Balaban J connectivity index is 1.30. The van der Waals surface area contributed by atoms with E-state index in [9.17, 15) is 39.9 Å². The average molecular weight is 647 g/mol. The summed E-state index contributed by atoms with van der Waals surface area (Å²) in [6.45, 7) is 13.5. The van der Waals surface area contributed by atoms with Crippen molar-refractivity contribution in [1.82, 2.24) is 0 Å². The van der Waals surface area contributed by atoms with E-state index in [1.54, 1.807) is 0 Å². The molecule has 5 fully saturated rings. The van der Waals surface area contributed by atoms with Crippen molar-refractivity contribution < 1.29 is 49.4 Å². The lowest BCUT2D eigenvalue weighted by Gasteiger charge is -2.71. The van der Waals surface area contributed by atoms with Crippen molar-refractivity contribution in [2.45, 2.75) is 143 Å². The van der Waals surface area contributed by atoms with Crippen LogP contribution in [0.15, 0.2) is 11.6 Å². The number of carboxylic acids is 1. The van der Waals surface area contributed by atoms with Crippen LogP contribution in [0, 0.1) is 50.2 Å². The van der Waals surface area contributed by atoms with Crippen molar-refractivity contribution in [3.05, 3.63) is 11.6 Å². The Kier molecular flexibility index (Phi) is 8.01. The van der Waals surface area contributed by atoms with Gasteiger partial charge in [0.25, 0.3) is 0 Å². The molecule has 6 aliphatic rings. The molecule has 1 aliphatic heterocycles. The van der Waals surface area contributed by atoms with E-state index in [0.717, 1.165) is 44.8 Å². The predicted octanol–water partition coefficient (Wildman–Crippen LogP) is 3.76. The molecule has 0 unspecified atom stereocenters. The first kappa shape index (κ1) is 34.0. The maximum Gasteiger partial charge on any atom is 0.338 e. The minimum Gasteiger partial charge on any atom is -0.481 e. The molecule has 5 N–H and O–H groups in total. The first-order valence-corrected chi connectivity index (χ1v) is 17.3. The van der Waals surface area contributed by atoms with Gasteiger partial charge in [0, 0.05) is 0 Å². The van der Waals surface area contributed by atoms with Crippen molar-refractivity contribution in [2.75, 3.05) is 0 Å². The number of carbonyl (C=O) groups is 3. The van der Waals surface area contributed by atoms with Gasteiger partial charge in [0.2, 0.25) is 0 Å². The Morgan fingerprint density at radius 3 is 2.20 bits per heavy atom. The number of allylic oxidation sites excluding steroid dienone is 2. The highest BCUT2D eigenvalue weighted by Crippen LogP contribution is 2.75. The average Bonchev–Trinajstić information content (AvgIpc) is 2.99. The van der Waals surface area contributed by atoms with Gasteiger partial charge in [0.15, 0.2) is 12.4 Å². The SMILES string of the molecule is CC1(C)CC[C@]2(C(=O)O)CC[C@]3(C)C(=CC[C@@H]4[C@@]5(C)CC[C@@H](OC(=O)[C@H]6O[C@@H](O)[C@H](O)[C@@H](O)[C@@H]6O)[C@@](C)(C=O)[C@@H]5CC[C@]43C)[C@@H]2C1. The van der Waals surface area contributed by atoms with Gasteiger partial charge in [0.05, 0.1) is 10.8 Å². The van der Waals surface area contributed by atoms with E-state index in [4.69, 9.17) is 9.47 Å². The molecule has 0 bridgehead atoms. The van der Waals surface area contributed by atoms with Crippen LogP contribution in [-0.2, 0) is 23.9 Å². The second-order valence-corrected chi connectivity index (χ2v) is 17.5. The molecule has 10 heteroatoms. The van der Waals surface area contributed by atoms with Crippen LogP contribution in [0.25, 0.3) is 0 Å². The topological polar surface area (TPSA) is 171 Å². The van der Waals surface area contributed by atoms with Crippen LogP contribution < -0.4 is 0 Å². The molecule has 0 aromatic heterocycles. The number of aliphatic carboxylic acids is 1. The molecular formula is C36H54O10. The fourth-order valence-electron chi connectivity index (χ4n) is 11.9. The molecule has 0 amide bonds. The number of aldehydes is 1. The number of hydrogen-bond acceptors (Lipinski definition) is 9. The number of carbonyl (C=O) groups excluding carboxylic acids is 2. The molecule has 5 aliphatic carbocycles. The zero-order valence-electron chi connectivity index (χ0n) is 28.2. The van der Waals surface area contributed by atoms with Crippen LogP contribution in [0.1, 0.15) is 106 Å². The summed E-state index contributed by atoms with van der Waals surface area (Å²) in [4.78, 5) is 39.2. The van der Waals surface area contributed by atoms with Crippen LogP contribution in [0.2, 0.25) is 0 Å². The zero-order valence-corrected chi connectivity index (χ0v) is 28.2.